The zero-order valence-electron chi connectivity index (χ0n) is 14.1. The van der Waals surface area contributed by atoms with Crippen molar-refractivity contribution in [2.75, 3.05) is 31.5 Å². The third-order valence-electron chi connectivity index (χ3n) is 5.57. The summed E-state index contributed by atoms with van der Waals surface area (Å²) in [6.07, 6.45) is 7.10. The molecule has 6 heteroatoms. The zero-order chi connectivity index (χ0) is 16.2. The lowest BCUT2D eigenvalue weighted by molar-refractivity contribution is -0.120. The number of piperidine rings is 1. The third kappa shape index (κ3) is 3.58. The van der Waals surface area contributed by atoms with Crippen LogP contribution in [0.2, 0.25) is 0 Å². The van der Waals surface area contributed by atoms with E-state index in [9.17, 15) is 4.79 Å². The lowest BCUT2D eigenvalue weighted by atomic mass is 9.95. The predicted molar refractivity (Wildman–Crippen MR) is 91.1 cm³/mol. The predicted octanol–water partition coefficient (Wildman–Crippen LogP) is 1.85. The average molecular weight is 319 g/mol. The van der Waals surface area contributed by atoms with Crippen LogP contribution in [0, 0.1) is 11.8 Å². The van der Waals surface area contributed by atoms with Gasteiger partial charge in [0.1, 0.15) is 5.82 Å². The fourth-order valence-electron chi connectivity index (χ4n) is 4.07. The Kier molecular flexibility index (Phi) is 5.33. The fraction of sp³-hybridized carbons (Fsp3) is 0.765. The molecule has 0 bridgehead atoms. The van der Waals surface area contributed by atoms with Crippen LogP contribution in [0.1, 0.15) is 45.1 Å². The van der Waals surface area contributed by atoms with E-state index < -0.39 is 0 Å². The first-order valence-electron chi connectivity index (χ1n) is 8.99. The summed E-state index contributed by atoms with van der Waals surface area (Å²) in [7, 11) is 0. The van der Waals surface area contributed by atoms with E-state index in [4.69, 9.17) is 5.73 Å². The monoisotopic (exact) mass is 319 g/mol. The molecule has 2 aliphatic rings. The lowest BCUT2D eigenvalue weighted by Gasteiger charge is -2.32. The molecule has 3 N–H and O–H groups in total. The van der Waals surface area contributed by atoms with Crippen molar-refractivity contribution in [3.05, 3.63) is 12.3 Å². The Morgan fingerprint density at radius 2 is 2.13 bits per heavy atom. The molecule has 0 unspecified atom stereocenters. The van der Waals surface area contributed by atoms with Crippen molar-refractivity contribution in [2.24, 2.45) is 17.6 Å². The summed E-state index contributed by atoms with van der Waals surface area (Å²) in [6, 6.07) is 2.30. The van der Waals surface area contributed by atoms with Crippen LogP contribution in [0.25, 0.3) is 0 Å². The summed E-state index contributed by atoms with van der Waals surface area (Å²) in [5.74, 6) is 1.35. The minimum Gasteiger partial charge on any atom is -0.330 e. The van der Waals surface area contributed by atoms with Crippen molar-refractivity contribution >= 4 is 11.7 Å². The van der Waals surface area contributed by atoms with E-state index in [1.54, 1.807) is 6.20 Å². The molecular formula is C17H29N5O. The van der Waals surface area contributed by atoms with E-state index in [0.717, 1.165) is 57.6 Å². The van der Waals surface area contributed by atoms with Crippen LogP contribution in [0.4, 0.5) is 5.82 Å². The number of anilines is 1. The minimum atomic E-state index is 0.0605. The Hall–Kier alpha value is -1.40. The highest BCUT2D eigenvalue weighted by Crippen LogP contribution is 2.32. The number of hydrogen-bond donors (Lipinski definition) is 2. The molecule has 1 amide bonds. The Morgan fingerprint density at radius 1 is 1.35 bits per heavy atom. The molecule has 2 atom stereocenters. The van der Waals surface area contributed by atoms with Crippen LogP contribution in [-0.4, -0.2) is 46.8 Å². The molecule has 128 valence electrons. The van der Waals surface area contributed by atoms with E-state index >= 15 is 0 Å². The van der Waals surface area contributed by atoms with Gasteiger partial charge in [0.25, 0.3) is 0 Å². The second kappa shape index (κ2) is 7.45. The molecule has 2 heterocycles. The SMILES string of the molecule is CCN1CCC(n2nccc2NC(=O)[C@@H]2CCC[C@@H]2CN)CC1. The van der Waals surface area contributed by atoms with Crippen LogP contribution >= 0.6 is 0 Å². The van der Waals surface area contributed by atoms with Crippen molar-refractivity contribution in [3.63, 3.8) is 0 Å². The van der Waals surface area contributed by atoms with Crippen molar-refractivity contribution in [2.45, 2.75) is 45.1 Å². The summed E-state index contributed by atoms with van der Waals surface area (Å²) >= 11 is 0. The Labute approximate surface area is 138 Å². The van der Waals surface area contributed by atoms with E-state index in [1.165, 1.54) is 0 Å². The molecule has 1 aliphatic carbocycles. The van der Waals surface area contributed by atoms with Gasteiger partial charge in [0, 0.05) is 25.1 Å². The number of likely N-dealkylation sites (tertiary alicyclic amines) is 1. The smallest absolute Gasteiger partial charge is 0.228 e. The van der Waals surface area contributed by atoms with Crippen LogP contribution in [0.15, 0.2) is 12.3 Å². The number of nitrogens with zero attached hydrogens (tertiary/aromatic N) is 3. The fourth-order valence-corrected chi connectivity index (χ4v) is 4.07. The molecule has 3 rings (SSSR count). The van der Waals surface area contributed by atoms with E-state index in [1.807, 2.05) is 10.7 Å². The average Bonchev–Trinajstić information content (AvgIpc) is 3.23. The van der Waals surface area contributed by atoms with Gasteiger partial charge in [-0.1, -0.05) is 13.3 Å². The van der Waals surface area contributed by atoms with Gasteiger partial charge in [0.15, 0.2) is 0 Å². The number of nitrogens with one attached hydrogen (secondary N) is 1. The Morgan fingerprint density at radius 3 is 2.83 bits per heavy atom. The van der Waals surface area contributed by atoms with Crippen molar-refractivity contribution in [3.8, 4) is 0 Å². The quantitative estimate of drug-likeness (QED) is 0.868. The van der Waals surface area contributed by atoms with Crippen LogP contribution < -0.4 is 11.1 Å². The van der Waals surface area contributed by atoms with Gasteiger partial charge in [-0.15, -0.1) is 0 Å². The second-order valence-corrected chi connectivity index (χ2v) is 6.85. The van der Waals surface area contributed by atoms with Gasteiger partial charge in [0.2, 0.25) is 5.91 Å². The number of carbonyl (C=O) groups excluding carboxylic acids is 1. The lowest BCUT2D eigenvalue weighted by Crippen LogP contribution is -2.35. The highest BCUT2D eigenvalue weighted by Gasteiger charge is 2.32. The summed E-state index contributed by atoms with van der Waals surface area (Å²) in [6.45, 7) is 6.12. The first kappa shape index (κ1) is 16.5. The normalized spacial score (nSPS) is 26.5. The third-order valence-corrected chi connectivity index (χ3v) is 5.57. The van der Waals surface area contributed by atoms with Crippen LogP contribution in [0.3, 0.4) is 0 Å². The summed E-state index contributed by atoms with van der Waals surface area (Å²) < 4.78 is 2.01. The van der Waals surface area contributed by atoms with Gasteiger partial charge in [-0.05, 0) is 44.7 Å². The molecule has 1 saturated carbocycles. The molecule has 0 aromatic carbocycles. The second-order valence-electron chi connectivity index (χ2n) is 6.85. The maximum atomic E-state index is 12.6. The van der Waals surface area contributed by atoms with Gasteiger partial charge in [0.05, 0.1) is 12.2 Å². The van der Waals surface area contributed by atoms with Gasteiger partial charge in [-0.25, -0.2) is 4.68 Å². The first-order chi connectivity index (χ1) is 11.2. The zero-order valence-corrected chi connectivity index (χ0v) is 14.1. The molecule has 2 fully saturated rings. The molecule has 1 aromatic rings. The van der Waals surface area contributed by atoms with Crippen molar-refractivity contribution in [1.29, 1.82) is 0 Å². The summed E-state index contributed by atoms with van der Waals surface area (Å²) in [5.41, 5.74) is 5.81. The molecule has 1 aromatic heterocycles. The number of carbonyl (C=O) groups is 1. The number of nitrogens with two attached hydrogens (primary N) is 1. The topological polar surface area (TPSA) is 76.2 Å². The molecule has 0 spiro atoms. The summed E-state index contributed by atoms with van der Waals surface area (Å²) in [5, 5.41) is 7.58. The van der Waals surface area contributed by atoms with Crippen molar-refractivity contribution in [1.82, 2.24) is 14.7 Å². The molecule has 1 aliphatic heterocycles. The minimum absolute atomic E-state index is 0.0605. The van der Waals surface area contributed by atoms with E-state index in [0.29, 0.717) is 18.5 Å². The van der Waals surface area contributed by atoms with Gasteiger partial charge in [-0.2, -0.15) is 5.10 Å². The highest BCUT2D eigenvalue weighted by molar-refractivity contribution is 5.92. The first-order valence-corrected chi connectivity index (χ1v) is 8.99. The molecule has 23 heavy (non-hydrogen) atoms. The van der Waals surface area contributed by atoms with Gasteiger partial charge < -0.3 is 16.0 Å². The molecular weight excluding hydrogens is 290 g/mol. The van der Waals surface area contributed by atoms with E-state index in [2.05, 4.69) is 22.2 Å². The maximum absolute atomic E-state index is 12.6. The molecule has 1 saturated heterocycles. The molecule has 0 radical (unpaired) electrons. The summed E-state index contributed by atoms with van der Waals surface area (Å²) in [4.78, 5) is 15.1. The Bertz CT molecular complexity index is 521. The number of hydrogen-bond acceptors (Lipinski definition) is 4. The largest absolute Gasteiger partial charge is 0.330 e. The number of rotatable bonds is 5. The van der Waals surface area contributed by atoms with Gasteiger partial charge >= 0.3 is 0 Å². The Balaban J connectivity index is 1.63. The van der Waals surface area contributed by atoms with Gasteiger partial charge in [-0.3, -0.25) is 4.79 Å². The van der Waals surface area contributed by atoms with E-state index in [-0.39, 0.29) is 11.8 Å². The van der Waals surface area contributed by atoms with Crippen LogP contribution in [0.5, 0.6) is 0 Å². The maximum Gasteiger partial charge on any atom is 0.228 e. The molecule has 6 nitrogen and oxygen atoms in total. The number of amides is 1. The highest BCUT2D eigenvalue weighted by atomic mass is 16.2. The standard InChI is InChI=1S/C17H29N5O/c1-2-21-10-7-14(8-11-21)22-16(6-9-19-22)20-17(23)15-5-3-4-13(15)12-18/h6,9,13-15H,2-5,7-8,10-12,18H2,1H3,(H,20,23)/t13-,15-/m1/s1. The van der Waals surface area contributed by atoms with Crippen molar-refractivity contribution < 1.29 is 4.79 Å². The van der Waals surface area contributed by atoms with Crippen LogP contribution in [-0.2, 0) is 4.79 Å². The number of aromatic nitrogens is 2.